The molecule has 120 valence electrons. The highest BCUT2D eigenvalue weighted by molar-refractivity contribution is 9.10. The first-order valence-corrected chi connectivity index (χ1v) is 8.91. The Hall–Kier alpha value is -0.630. The van der Waals surface area contributed by atoms with Crippen molar-refractivity contribution < 1.29 is 13.2 Å². The van der Waals surface area contributed by atoms with Gasteiger partial charge in [-0.15, -0.1) is 12.4 Å². The minimum absolute atomic E-state index is 0. The van der Waals surface area contributed by atoms with Crippen molar-refractivity contribution in [2.24, 2.45) is 5.73 Å². The topological polar surface area (TPSA) is 89.3 Å². The largest absolute Gasteiger partial charge is 0.351 e. The molecule has 5 nitrogen and oxygen atoms in total. The molecule has 1 rings (SSSR count). The molecule has 0 bridgehead atoms. The Labute approximate surface area is 140 Å². The molecule has 0 heterocycles. The van der Waals surface area contributed by atoms with Gasteiger partial charge < -0.3 is 11.1 Å². The van der Waals surface area contributed by atoms with E-state index >= 15 is 0 Å². The van der Waals surface area contributed by atoms with Gasteiger partial charge in [-0.05, 0) is 31.5 Å². The number of carbonyl (C=O) groups is 1. The van der Waals surface area contributed by atoms with Gasteiger partial charge in [0, 0.05) is 16.8 Å². The van der Waals surface area contributed by atoms with Crippen LogP contribution in [-0.2, 0) is 20.2 Å². The van der Waals surface area contributed by atoms with Crippen LogP contribution in [0.25, 0.3) is 0 Å². The monoisotopic (exact) mass is 398 g/mol. The Morgan fingerprint density at radius 3 is 2.29 bits per heavy atom. The van der Waals surface area contributed by atoms with E-state index in [4.69, 9.17) is 5.73 Å². The number of benzene rings is 1. The maximum Gasteiger partial charge on any atom is 0.244 e. The molecule has 1 aromatic carbocycles. The Kier molecular flexibility index (Phi) is 7.35. The minimum atomic E-state index is -3.15. The van der Waals surface area contributed by atoms with E-state index in [1.807, 2.05) is 0 Å². The Morgan fingerprint density at radius 1 is 1.38 bits per heavy atom. The summed E-state index contributed by atoms with van der Waals surface area (Å²) in [5.74, 6) is -0.522. The van der Waals surface area contributed by atoms with E-state index in [1.54, 1.807) is 38.1 Å². The minimum Gasteiger partial charge on any atom is -0.351 e. The van der Waals surface area contributed by atoms with Crippen LogP contribution in [0.1, 0.15) is 19.4 Å². The molecule has 0 aliphatic rings. The van der Waals surface area contributed by atoms with Gasteiger partial charge in [0.25, 0.3) is 0 Å². The third kappa shape index (κ3) is 6.34. The van der Waals surface area contributed by atoms with E-state index in [9.17, 15) is 13.2 Å². The zero-order chi connectivity index (χ0) is 15.6. The number of amides is 1. The van der Waals surface area contributed by atoms with Gasteiger partial charge in [-0.25, -0.2) is 8.42 Å². The standard InChI is InChI=1S/C13H19BrN2O3S.ClH/c1-9(8-20(3,18)19)16-12(17)13(2,15)10-4-6-11(14)7-5-10;/h4-7,9H,8,15H2,1-3H3,(H,16,17);1H. The van der Waals surface area contributed by atoms with Crippen LogP contribution in [0.3, 0.4) is 0 Å². The third-order valence-corrected chi connectivity index (χ3v) is 4.48. The highest BCUT2D eigenvalue weighted by Gasteiger charge is 2.31. The van der Waals surface area contributed by atoms with Gasteiger partial charge in [-0.1, -0.05) is 28.1 Å². The van der Waals surface area contributed by atoms with Crippen LogP contribution in [-0.4, -0.2) is 32.4 Å². The molecule has 0 radical (unpaired) electrons. The summed E-state index contributed by atoms with van der Waals surface area (Å²) in [5.41, 5.74) is 5.51. The summed E-state index contributed by atoms with van der Waals surface area (Å²) in [6.07, 6.45) is 1.13. The molecular weight excluding hydrogens is 380 g/mol. The summed E-state index contributed by atoms with van der Waals surface area (Å²) in [6.45, 7) is 3.23. The van der Waals surface area contributed by atoms with Crippen LogP contribution in [0.5, 0.6) is 0 Å². The van der Waals surface area contributed by atoms with Gasteiger partial charge in [-0.3, -0.25) is 4.79 Å². The fourth-order valence-corrected chi connectivity index (χ4v) is 3.05. The summed E-state index contributed by atoms with van der Waals surface area (Å²) in [5, 5.41) is 2.63. The fraction of sp³-hybridized carbons (Fsp3) is 0.462. The molecule has 8 heteroatoms. The van der Waals surface area contributed by atoms with E-state index in [2.05, 4.69) is 21.2 Å². The van der Waals surface area contributed by atoms with Crippen molar-refractivity contribution in [3.63, 3.8) is 0 Å². The zero-order valence-corrected chi connectivity index (χ0v) is 15.3. The number of rotatable bonds is 5. The lowest BCUT2D eigenvalue weighted by Gasteiger charge is -2.26. The molecule has 3 N–H and O–H groups in total. The summed E-state index contributed by atoms with van der Waals surface area (Å²) in [7, 11) is -3.15. The quantitative estimate of drug-likeness (QED) is 0.787. The second kappa shape index (κ2) is 7.58. The van der Waals surface area contributed by atoms with Crippen molar-refractivity contribution in [2.45, 2.75) is 25.4 Å². The second-order valence-corrected chi connectivity index (χ2v) is 8.28. The molecular formula is C13H20BrClN2O3S. The second-order valence-electron chi connectivity index (χ2n) is 5.18. The van der Waals surface area contributed by atoms with Crippen LogP contribution >= 0.6 is 28.3 Å². The Bertz CT molecular complexity index is 588. The predicted octanol–water partition coefficient (Wildman–Crippen LogP) is 1.59. The molecule has 0 aromatic heterocycles. The summed E-state index contributed by atoms with van der Waals surface area (Å²) >= 11 is 3.31. The first-order valence-electron chi connectivity index (χ1n) is 6.06. The van der Waals surface area contributed by atoms with Gasteiger partial charge in [0.2, 0.25) is 5.91 Å². The first kappa shape index (κ1) is 20.4. The summed E-state index contributed by atoms with van der Waals surface area (Å²) in [6, 6.07) is 6.62. The molecule has 0 saturated carbocycles. The molecule has 2 unspecified atom stereocenters. The number of sulfone groups is 1. The van der Waals surface area contributed by atoms with Crippen molar-refractivity contribution in [1.82, 2.24) is 5.32 Å². The van der Waals surface area contributed by atoms with Crippen LogP contribution < -0.4 is 11.1 Å². The predicted molar refractivity (Wildman–Crippen MR) is 90.2 cm³/mol. The van der Waals surface area contributed by atoms with E-state index in [1.165, 1.54) is 0 Å². The summed E-state index contributed by atoms with van der Waals surface area (Å²) in [4.78, 5) is 12.2. The molecule has 0 aliphatic carbocycles. The van der Waals surface area contributed by atoms with E-state index in [0.29, 0.717) is 5.56 Å². The van der Waals surface area contributed by atoms with Crippen LogP contribution in [0, 0.1) is 0 Å². The van der Waals surface area contributed by atoms with Gasteiger partial charge in [0.15, 0.2) is 0 Å². The number of carbonyl (C=O) groups excluding carboxylic acids is 1. The maximum atomic E-state index is 12.2. The van der Waals surface area contributed by atoms with Gasteiger partial charge in [0.1, 0.15) is 15.4 Å². The lowest BCUT2D eigenvalue weighted by Crippen LogP contribution is -2.52. The summed E-state index contributed by atoms with van der Waals surface area (Å²) < 4.78 is 23.3. The highest BCUT2D eigenvalue weighted by Crippen LogP contribution is 2.20. The molecule has 0 spiro atoms. The highest BCUT2D eigenvalue weighted by atomic mass is 79.9. The van der Waals surface area contributed by atoms with Crippen LogP contribution in [0.4, 0.5) is 0 Å². The van der Waals surface area contributed by atoms with Gasteiger partial charge >= 0.3 is 0 Å². The molecule has 2 atom stereocenters. The van der Waals surface area contributed by atoms with Gasteiger partial charge in [0.05, 0.1) is 5.75 Å². The molecule has 21 heavy (non-hydrogen) atoms. The smallest absolute Gasteiger partial charge is 0.244 e. The van der Waals surface area contributed by atoms with E-state index in [-0.39, 0.29) is 18.2 Å². The molecule has 1 aromatic rings. The maximum absolute atomic E-state index is 12.2. The number of halogens is 2. The lowest BCUT2D eigenvalue weighted by molar-refractivity contribution is -0.126. The Morgan fingerprint density at radius 2 is 1.86 bits per heavy atom. The third-order valence-electron chi connectivity index (χ3n) is 2.85. The van der Waals surface area contributed by atoms with Gasteiger partial charge in [-0.2, -0.15) is 0 Å². The molecule has 0 saturated heterocycles. The molecule has 0 fully saturated rings. The molecule has 0 aliphatic heterocycles. The number of nitrogens with two attached hydrogens (primary N) is 1. The van der Waals surface area contributed by atoms with Crippen molar-refractivity contribution in [2.75, 3.05) is 12.0 Å². The average Bonchev–Trinajstić information content (AvgIpc) is 2.26. The van der Waals surface area contributed by atoms with Crippen molar-refractivity contribution >= 4 is 44.1 Å². The van der Waals surface area contributed by atoms with E-state index < -0.39 is 27.3 Å². The fourth-order valence-electron chi connectivity index (χ4n) is 1.80. The number of nitrogens with one attached hydrogen (secondary N) is 1. The van der Waals surface area contributed by atoms with Crippen molar-refractivity contribution in [3.05, 3.63) is 34.3 Å². The van der Waals surface area contributed by atoms with Crippen molar-refractivity contribution in [1.29, 1.82) is 0 Å². The van der Waals surface area contributed by atoms with E-state index in [0.717, 1.165) is 10.7 Å². The normalized spacial score (nSPS) is 15.5. The average molecular weight is 400 g/mol. The Balaban J connectivity index is 0.00000400. The number of hydrogen-bond acceptors (Lipinski definition) is 4. The number of hydrogen-bond donors (Lipinski definition) is 2. The zero-order valence-electron chi connectivity index (χ0n) is 12.1. The van der Waals surface area contributed by atoms with Crippen molar-refractivity contribution in [3.8, 4) is 0 Å². The SMILES string of the molecule is CC(CS(C)(=O)=O)NC(=O)C(C)(N)c1ccc(Br)cc1.Cl. The first-order chi connectivity index (χ1) is 9.02. The van der Waals surface area contributed by atoms with Crippen LogP contribution in [0.2, 0.25) is 0 Å². The van der Waals surface area contributed by atoms with Crippen LogP contribution in [0.15, 0.2) is 28.7 Å². The lowest BCUT2D eigenvalue weighted by atomic mass is 9.92. The molecule has 1 amide bonds.